The Morgan fingerprint density at radius 2 is 2.00 bits per heavy atom. The molecule has 8 nitrogen and oxygen atoms in total. The predicted molar refractivity (Wildman–Crippen MR) is 77.3 cm³/mol. The van der Waals surface area contributed by atoms with Crippen molar-refractivity contribution in [3.63, 3.8) is 0 Å². The fourth-order valence-electron chi connectivity index (χ4n) is 1.77. The predicted octanol–water partition coefficient (Wildman–Crippen LogP) is 1.68. The number of hydrogen-bond donors (Lipinski definition) is 2. The molecule has 0 saturated carbocycles. The molecule has 0 aliphatic heterocycles. The summed E-state index contributed by atoms with van der Waals surface area (Å²) in [6.07, 6.45) is 1.26. The molecule has 0 spiro atoms. The van der Waals surface area contributed by atoms with Crippen molar-refractivity contribution in [1.29, 1.82) is 0 Å². The summed E-state index contributed by atoms with van der Waals surface area (Å²) in [5, 5.41) is 10.9. The fraction of sp³-hybridized carbons (Fsp3) is 0.0833. The van der Waals surface area contributed by atoms with E-state index in [2.05, 4.69) is 9.71 Å². The van der Waals surface area contributed by atoms with Crippen LogP contribution in [0, 0.1) is 17.0 Å². The van der Waals surface area contributed by atoms with Crippen LogP contribution in [0.15, 0.2) is 41.4 Å². The molecular formula is C12H12N4O4S. The minimum Gasteiger partial charge on any atom is -0.384 e. The van der Waals surface area contributed by atoms with Gasteiger partial charge in [0.15, 0.2) is 0 Å². The van der Waals surface area contributed by atoms with E-state index in [1.807, 2.05) is 0 Å². The third-order valence-corrected chi connectivity index (χ3v) is 4.31. The number of sulfonamides is 1. The van der Waals surface area contributed by atoms with Crippen molar-refractivity contribution in [2.24, 2.45) is 0 Å². The van der Waals surface area contributed by atoms with Gasteiger partial charge in [-0.1, -0.05) is 6.07 Å². The second kappa shape index (κ2) is 5.37. The molecule has 0 radical (unpaired) electrons. The molecule has 21 heavy (non-hydrogen) atoms. The van der Waals surface area contributed by atoms with Gasteiger partial charge in [0.05, 0.1) is 21.7 Å². The number of nitrogen functional groups attached to an aromatic ring is 1. The Morgan fingerprint density at radius 3 is 2.57 bits per heavy atom. The van der Waals surface area contributed by atoms with Gasteiger partial charge in [0.1, 0.15) is 5.82 Å². The third-order valence-electron chi connectivity index (χ3n) is 2.78. The topological polar surface area (TPSA) is 128 Å². The van der Waals surface area contributed by atoms with E-state index in [0.717, 1.165) is 0 Å². The summed E-state index contributed by atoms with van der Waals surface area (Å²) in [6.45, 7) is 1.38. The minimum atomic E-state index is -3.95. The molecule has 0 aliphatic carbocycles. The van der Waals surface area contributed by atoms with Crippen LogP contribution in [-0.4, -0.2) is 18.3 Å². The summed E-state index contributed by atoms with van der Waals surface area (Å²) in [7, 11) is -3.95. The summed E-state index contributed by atoms with van der Waals surface area (Å²) in [6, 6.07) is 6.76. The van der Waals surface area contributed by atoms with Gasteiger partial charge >= 0.3 is 0 Å². The molecule has 0 fully saturated rings. The molecule has 0 unspecified atom stereocenters. The molecule has 3 N–H and O–H groups in total. The zero-order valence-electron chi connectivity index (χ0n) is 11.0. The van der Waals surface area contributed by atoms with Crippen LogP contribution in [0.2, 0.25) is 0 Å². The van der Waals surface area contributed by atoms with E-state index in [-0.39, 0.29) is 27.7 Å². The minimum absolute atomic E-state index is 0.0680. The molecule has 0 bridgehead atoms. The van der Waals surface area contributed by atoms with Crippen molar-refractivity contribution >= 4 is 27.2 Å². The van der Waals surface area contributed by atoms with Crippen molar-refractivity contribution in [1.82, 2.24) is 4.98 Å². The first-order chi connectivity index (χ1) is 9.81. The highest BCUT2D eigenvalue weighted by molar-refractivity contribution is 7.92. The largest absolute Gasteiger partial charge is 0.384 e. The lowest BCUT2D eigenvalue weighted by molar-refractivity contribution is -0.385. The highest BCUT2D eigenvalue weighted by Gasteiger charge is 2.22. The molecule has 0 saturated heterocycles. The van der Waals surface area contributed by atoms with Crippen LogP contribution in [0.5, 0.6) is 0 Å². The maximum atomic E-state index is 12.3. The summed E-state index contributed by atoms with van der Waals surface area (Å²) in [4.78, 5) is 13.8. The van der Waals surface area contributed by atoms with Gasteiger partial charge in [0.25, 0.3) is 15.7 Å². The number of nitro groups is 1. The van der Waals surface area contributed by atoms with Gasteiger partial charge in [0, 0.05) is 11.6 Å². The molecule has 1 heterocycles. The quantitative estimate of drug-likeness (QED) is 0.653. The monoisotopic (exact) mass is 308 g/mol. The number of anilines is 2. The molecule has 0 aliphatic rings. The zero-order chi connectivity index (χ0) is 15.6. The van der Waals surface area contributed by atoms with Crippen molar-refractivity contribution in [2.45, 2.75) is 11.8 Å². The average Bonchev–Trinajstić information content (AvgIpc) is 2.41. The summed E-state index contributed by atoms with van der Waals surface area (Å²) < 4.78 is 26.9. The number of nitrogens with zero attached hydrogens (tertiary/aromatic N) is 2. The molecule has 9 heteroatoms. The molecule has 0 atom stereocenters. The number of benzene rings is 1. The lowest BCUT2D eigenvalue weighted by Gasteiger charge is -2.10. The number of rotatable bonds is 4. The van der Waals surface area contributed by atoms with Crippen LogP contribution < -0.4 is 10.5 Å². The fourth-order valence-corrected chi connectivity index (χ4v) is 3.07. The maximum Gasteiger partial charge on any atom is 0.273 e. The Bertz CT molecular complexity index is 787. The molecule has 1 aromatic heterocycles. The Morgan fingerprint density at radius 1 is 1.29 bits per heavy atom. The summed E-state index contributed by atoms with van der Waals surface area (Å²) >= 11 is 0. The van der Waals surface area contributed by atoms with Crippen LogP contribution in [0.3, 0.4) is 0 Å². The second-order valence-electron chi connectivity index (χ2n) is 4.23. The molecule has 2 aromatic rings. The Kier molecular flexibility index (Phi) is 3.76. The number of nitrogens with one attached hydrogen (secondary N) is 1. The van der Waals surface area contributed by atoms with E-state index < -0.39 is 14.9 Å². The molecule has 2 rings (SSSR count). The number of hydrogen-bond acceptors (Lipinski definition) is 6. The number of aromatic nitrogens is 1. The van der Waals surface area contributed by atoms with Crippen molar-refractivity contribution in [3.8, 4) is 0 Å². The van der Waals surface area contributed by atoms with Gasteiger partial charge in [-0.25, -0.2) is 13.4 Å². The van der Waals surface area contributed by atoms with Crippen LogP contribution in [0.1, 0.15) is 5.56 Å². The van der Waals surface area contributed by atoms with E-state index in [9.17, 15) is 18.5 Å². The number of pyridine rings is 1. The highest BCUT2D eigenvalue weighted by Crippen LogP contribution is 2.26. The lowest BCUT2D eigenvalue weighted by Crippen LogP contribution is -2.15. The smallest absolute Gasteiger partial charge is 0.273 e. The Balaban J connectivity index is 2.42. The van der Waals surface area contributed by atoms with E-state index in [0.29, 0.717) is 0 Å². The number of nitro benzene ring substituents is 1. The molecular weight excluding hydrogens is 296 g/mol. The number of nitrogens with two attached hydrogens (primary N) is 1. The van der Waals surface area contributed by atoms with Crippen LogP contribution in [-0.2, 0) is 10.0 Å². The van der Waals surface area contributed by atoms with Crippen molar-refractivity contribution in [3.05, 3.63) is 52.2 Å². The normalized spacial score (nSPS) is 11.1. The van der Waals surface area contributed by atoms with E-state index >= 15 is 0 Å². The van der Waals surface area contributed by atoms with Crippen molar-refractivity contribution in [2.75, 3.05) is 10.5 Å². The maximum absolute atomic E-state index is 12.3. The Labute approximate surface area is 120 Å². The van der Waals surface area contributed by atoms with Gasteiger partial charge in [-0.2, -0.15) is 0 Å². The standard InChI is InChI=1S/C12H12N4O4S/c1-8-10(16(17)18)3-2-4-11(8)21(19,20)15-9-5-6-12(13)14-7-9/h2-7,15H,1H3,(H2,13,14). The SMILES string of the molecule is Cc1c([N+](=O)[O-])cccc1S(=O)(=O)Nc1ccc(N)nc1. The van der Waals surface area contributed by atoms with Crippen LogP contribution >= 0.6 is 0 Å². The highest BCUT2D eigenvalue weighted by atomic mass is 32.2. The van der Waals surface area contributed by atoms with Gasteiger partial charge < -0.3 is 5.73 Å². The second-order valence-corrected chi connectivity index (χ2v) is 5.89. The first kappa shape index (κ1) is 14.7. The molecule has 0 amide bonds. The Hall–Kier alpha value is -2.68. The van der Waals surface area contributed by atoms with Gasteiger partial charge in [-0.15, -0.1) is 0 Å². The van der Waals surface area contributed by atoms with E-state index in [1.165, 1.54) is 43.5 Å². The molecule has 110 valence electrons. The third kappa shape index (κ3) is 3.08. The van der Waals surface area contributed by atoms with Gasteiger partial charge in [-0.3, -0.25) is 14.8 Å². The van der Waals surface area contributed by atoms with Gasteiger partial charge in [-0.05, 0) is 25.1 Å². The average molecular weight is 308 g/mol. The summed E-state index contributed by atoms with van der Waals surface area (Å²) in [5.74, 6) is 0.254. The first-order valence-corrected chi connectivity index (χ1v) is 7.28. The van der Waals surface area contributed by atoms with Crippen LogP contribution in [0.4, 0.5) is 17.2 Å². The van der Waals surface area contributed by atoms with Gasteiger partial charge in [0.2, 0.25) is 0 Å². The van der Waals surface area contributed by atoms with Crippen LogP contribution in [0.25, 0.3) is 0 Å². The van der Waals surface area contributed by atoms with Crippen molar-refractivity contribution < 1.29 is 13.3 Å². The van der Waals surface area contributed by atoms with E-state index in [1.54, 1.807) is 0 Å². The van der Waals surface area contributed by atoms with E-state index in [4.69, 9.17) is 5.73 Å². The summed E-state index contributed by atoms with van der Waals surface area (Å²) in [5.41, 5.74) is 5.44. The zero-order valence-corrected chi connectivity index (χ0v) is 11.8. The molecule has 1 aromatic carbocycles. The first-order valence-electron chi connectivity index (χ1n) is 5.79. The lowest BCUT2D eigenvalue weighted by atomic mass is 10.2.